The van der Waals surface area contributed by atoms with Gasteiger partial charge in [0, 0.05) is 35.4 Å². The van der Waals surface area contributed by atoms with Crippen LogP contribution in [0.1, 0.15) is 79.0 Å². The maximum absolute atomic E-state index is 13.4. The number of carbonyl (C=O) groups is 4. The summed E-state index contributed by atoms with van der Waals surface area (Å²) in [5.41, 5.74) is 12.8. The fourth-order valence-electron chi connectivity index (χ4n) is 6.22. The van der Waals surface area contributed by atoms with Gasteiger partial charge in [0.05, 0.1) is 65.6 Å². The number of nitrogens with zero attached hydrogens (tertiary/aromatic N) is 4. The number of nitrogens with one attached hydrogen (secondary N) is 4. The van der Waals surface area contributed by atoms with E-state index in [9.17, 15) is 48.9 Å². The first-order valence-electron chi connectivity index (χ1n) is 21.6. The molecule has 0 radical (unpaired) electrons. The third kappa shape index (κ3) is 16.2. The summed E-state index contributed by atoms with van der Waals surface area (Å²) in [4.78, 5) is 77.7. The van der Waals surface area contributed by atoms with Crippen LogP contribution in [-0.4, -0.2) is 66.3 Å². The van der Waals surface area contributed by atoms with Gasteiger partial charge < -0.3 is 9.53 Å². The van der Waals surface area contributed by atoms with Gasteiger partial charge in [-0.15, -0.1) is 0 Å². The average molecular weight is 1010 g/mol. The number of nitro benzene ring substituents is 2. The Kier molecular flexibility index (Phi) is 21.4. The predicted molar refractivity (Wildman–Crippen MR) is 263 cm³/mol. The second kappa shape index (κ2) is 26.1. The Bertz CT molecular complexity index is 2620. The summed E-state index contributed by atoms with van der Waals surface area (Å²) in [7, 11) is -3.23. The first-order valence-corrected chi connectivity index (χ1v) is 24.5. The van der Waals surface area contributed by atoms with Crippen LogP contribution >= 0.6 is 23.2 Å². The Morgan fingerprint density at radius 2 is 1.09 bits per heavy atom. The van der Waals surface area contributed by atoms with Gasteiger partial charge in [-0.2, -0.15) is 0 Å². The van der Waals surface area contributed by atoms with E-state index >= 15 is 0 Å². The van der Waals surface area contributed by atoms with Crippen LogP contribution < -0.4 is 21.7 Å². The maximum Gasteiger partial charge on any atom is 0.269 e. The monoisotopic (exact) mass is 1010 g/mol. The summed E-state index contributed by atoms with van der Waals surface area (Å²) in [5.74, 6) is -3.92. The van der Waals surface area contributed by atoms with Gasteiger partial charge in [0.1, 0.15) is 0 Å². The normalized spacial score (nSPS) is 12.8. The maximum atomic E-state index is 13.4. The number of hydrogen-bond acceptors (Lipinski definition) is 10. The lowest BCUT2D eigenvalue weighted by molar-refractivity contribution is -0.385. The van der Waals surface area contributed by atoms with Crippen molar-refractivity contribution in [1.82, 2.24) is 21.7 Å². The topological polar surface area (TPSA) is 241 Å². The van der Waals surface area contributed by atoms with E-state index in [1.165, 1.54) is 55.5 Å². The number of non-ortho nitro benzene ring substituents is 2. The Morgan fingerprint density at radius 1 is 0.739 bits per heavy atom. The van der Waals surface area contributed by atoms with Crippen LogP contribution in [0.25, 0.3) is 9.69 Å². The lowest BCUT2D eigenvalue weighted by atomic mass is 9.91. The third-order valence-electron chi connectivity index (χ3n) is 11.5. The van der Waals surface area contributed by atoms with E-state index in [0.29, 0.717) is 38.1 Å². The summed E-state index contributed by atoms with van der Waals surface area (Å²) in [6.07, 6.45) is -1.10. The number of nitro groups is 2. The summed E-state index contributed by atoms with van der Waals surface area (Å²) in [6.45, 7) is 31.7. The number of halogens is 3. The standard InChI is InChI=1S/C26H33ClN4O5Si.C20H19ClN4O5.CH3F/c1-16-19(11-14-22(28-6)23(16)27)15-21(17(2)36-37(7,8)26(3,4)5)25(33)30-29-24(32)18-9-12-20(13-10-18)31(34)35;1-11-14(6-9-17(22-3)18(11)21)10-16(12(2)26)20(28)24-23-19(27)13-4-7-15(8-5-13)25(29)30;1-2/h9-14,17,21H,15H2,1-5,7-8H3,(H,29,32)(H,30,33);4-9,12,16,26H,10H2,1-2H3,(H,23,27)(H,24,28);1H3/t17-,21-;12-,16-;/m11./s1/i;;1D. The highest BCUT2D eigenvalue weighted by Gasteiger charge is 2.41. The first kappa shape index (κ1) is 56.5. The Balaban J connectivity index is 0.000000463. The van der Waals surface area contributed by atoms with Crippen molar-refractivity contribution in [1.29, 1.82) is 0 Å². The van der Waals surface area contributed by atoms with Gasteiger partial charge in [0.2, 0.25) is 23.2 Å². The number of rotatable bonds is 14. The Hall–Kier alpha value is -6.81. The van der Waals surface area contributed by atoms with Crippen LogP contribution in [0.15, 0.2) is 72.8 Å². The van der Waals surface area contributed by atoms with Crippen molar-refractivity contribution in [3.63, 3.8) is 0 Å². The predicted octanol–water partition coefficient (Wildman–Crippen LogP) is 9.83. The van der Waals surface area contributed by atoms with Crippen molar-refractivity contribution < 1.29 is 44.3 Å². The van der Waals surface area contributed by atoms with Gasteiger partial charge in [-0.25, -0.2) is 9.69 Å². The number of benzene rings is 4. The number of hydrazine groups is 2. The number of hydrogen-bond donors (Lipinski definition) is 5. The summed E-state index contributed by atoms with van der Waals surface area (Å²) in [5, 5.41) is 32.1. The molecule has 0 aliphatic carbocycles. The highest BCUT2D eigenvalue weighted by Crippen LogP contribution is 2.39. The largest absolute Gasteiger partial charge is 0.413 e. The quantitative estimate of drug-likeness (QED) is 0.0347. The summed E-state index contributed by atoms with van der Waals surface area (Å²) >= 11 is 12.5. The van der Waals surface area contributed by atoms with E-state index in [2.05, 4.69) is 65.3 Å². The van der Waals surface area contributed by atoms with Gasteiger partial charge in [0.25, 0.3) is 23.2 Å². The zero-order valence-electron chi connectivity index (χ0n) is 40.4. The SMILES string of the molecule is [2H]CF.[C-]#[N+]c1ccc(C[C@@H](C(=O)NNC(=O)c2ccc([N+](=O)[O-])cc2)[C@@H](C)O)c(C)c1Cl.[C-]#[N+]c1ccc(C[C@@H](C(=O)NNC(=O)c2ccc([N+](=O)[O-])cc2)[C@@H](C)O[Si](C)(C)C(C)(C)C)c(C)c1Cl. The van der Waals surface area contributed by atoms with Gasteiger partial charge in [-0.1, -0.05) is 68.2 Å². The number of amides is 4. The number of alkyl halides is 1. The molecule has 69 heavy (non-hydrogen) atoms. The average Bonchev–Trinajstić information content (AvgIpc) is 3.30. The third-order valence-corrected chi connectivity index (χ3v) is 17.0. The molecule has 4 amide bonds. The van der Waals surface area contributed by atoms with Gasteiger partial charge in [-0.05, 0) is 105 Å². The summed E-state index contributed by atoms with van der Waals surface area (Å²) in [6, 6.07) is 16.6. The van der Waals surface area contributed by atoms with Crippen molar-refractivity contribution in [3.05, 3.63) is 159 Å². The van der Waals surface area contributed by atoms with Crippen molar-refractivity contribution >= 4 is 77.9 Å². The van der Waals surface area contributed by atoms with Crippen LogP contribution in [-0.2, 0) is 26.9 Å². The molecule has 0 unspecified atom stereocenters. The highest BCUT2D eigenvalue weighted by molar-refractivity contribution is 6.74. The van der Waals surface area contributed by atoms with Crippen molar-refractivity contribution in [2.24, 2.45) is 11.8 Å². The lowest BCUT2D eigenvalue weighted by Crippen LogP contribution is -2.51. The molecule has 0 bridgehead atoms. The van der Waals surface area contributed by atoms with E-state index in [-0.39, 0.29) is 40.4 Å². The van der Waals surface area contributed by atoms with Gasteiger partial charge in [0.15, 0.2) is 8.32 Å². The number of aliphatic hydroxyl groups is 1. The molecule has 4 atom stereocenters. The van der Waals surface area contributed by atoms with Crippen LogP contribution in [0, 0.1) is 59.1 Å². The van der Waals surface area contributed by atoms with Crippen LogP contribution in [0.2, 0.25) is 28.2 Å². The zero-order valence-corrected chi connectivity index (χ0v) is 41.9. The van der Waals surface area contributed by atoms with E-state index in [0.717, 1.165) is 5.56 Å². The Labute approximate surface area is 412 Å². The highest BCUT2D eigenvalue weighted by atomic mass is 35.5. The molecular weight excluding hydrogens is 955 g/mol. The molecule has 0 aliphatic rings. The molecule has 0 aliphatic heterocycles. The molecule has 0 saturated heterocycles. The molecule has 5 N–H and O–H groups in total. The zero-order chi connectivity index (χ0) is 53.3. The molecule has 0 saturated carbocycles. The minimum atomic E-state index is -2.23. The molecule has 22 heteroatoms. The Morgan fingerprint density at radius 3 is 1.41 bits per heavy atom. The molecule has 0 aromatic heterocycles. The number of carbonyl (C=O) groups excluding carboxylic acids is 4. The molecule has 0 fully saturated rings. The van der Waals surface area contributed by atoms with E-state index in [1.54, 1.807) is 38.1 Å². The minimum Gasteiger partial charge on any atom is -0.413 e. The fourth-order valence-corrected chi connectivity index (χ4v) is 8.12. The van der Waals surface area contributed by atoms with E-state index in [4.69, 9.17) is 42.1 Å². The molecule has 0 spiro atoms. The molecular formula is C47H55Cl2FN8O10Si. The smallest absolute Gasteiger partial charge is 0.269 e. The lowest BCUT2D eigenvalue weighted by Gasteiger charge is -2.40. The van der Waals surface area contributed by atoms with Crippen LogP contribution in [0.3, 0.4) is 0 Å². The first-order chi connectivity index (χ1) is 32.6. The van der Waals surface area contributed by atoms with E-state index in [1.807, 2.05) is 6.92 Å². The molecule has 18 nitrogen and oxygen atoms in total. The second-order valence-electron chi connectivity index (χ2n) is 17.0. The minimum absolute atomic E-state index is 0.0804. The summed E-state index contributed by atoms with van der Waals surface area (Å²) < 4.78 is 22.0. The van der Waals surface area contributed by atoms with Crippen molar-refractivity contribution in [2.75, 3.05) is 7.15 Å². The van der Waals surface area contributed by atoms with Crippen molar-refractivity contribution in [2.45, 2.75) is 91.6 Å². The fraction of sp³-hybridized carbons (Fsp3) is 0.362. The molecule has 4 rings (SSSR count). The van der Waals surface area contributed by atoms with Gasteiger partial charge in [-0.3, -0.25) is 65.5 Å². The molecule has 368 valence electrons. The molecule has 0 heterocycles. The molecule has 4 aromatic rings. The second-order valence-corrected chi connectivity index (χ2v) is 22.5. The van der Waals surface area contributed by atoms with E-state index < -0.39 is 73.0 Å². The van der Waals surface area contributed by atoms with Gasteiger partial charge >= 0.3 is 0 Å². The number of aliphatic hydroxyl groups excluding tert-OH is 1. The van der Waals surface area contributed by atoms with Crippen LogP contribution in [0.5, 0.6) is 0 Å². The van der Waals surface area contributed by atoms with Crippen LogP contribution in [0.4, 0.5) is 27.1 Å². The molecule has 4 aromatic carbocycles. The van der Waals surface area contributed by atoms with Crippen molar-refractivity contribution in [3.8, 4) is 0 Å².